The molecule has 0 aliphatic rings. The van der Waals surface area contributed by atoms with Crippen molar-refractivity contribution < 1.29 is 13.0 Å². The fourth-order valence-electron chi connectivity index (χ4n) is 1.94. The Morgan fingerprint density at radius 1 is 1.41 bits per heavy atom. The van der Waals surface area contributed by atoms with Crippen molar-refractivity contribution >= 4 is 28.9 Å². The molecule has 0 fully saturated rings. The van der Waals surface area contributed by atoms with E-state index in [0.717, 1.165) is 24.8 Å². The van der Waals surface area contributed by atoms with E-state index in [4.69, 9.17) is 3.07 Å². The Morgan fingerprint density at radius 3 is 2.86 bits per heavy atom. The summed E-state index contributed by atoms with van der Waals surface area (Å²) in [5, 5.41) is 12.4. The highest BCUT2D eigenvalue weighted by Crippen LogP contribution is 2.28. The molecule has 4 nitrogen and oxygen atoms in total. The second-order valence-electron chi connectivity index (χ2n) is 5.57. The zero-order chi connectivity index (χ0) is 16.4. The number of carbonyl (C=O) groups is 1. The summed E-state index contributed by atoms with van der Waals surface area (Å²) in [7, 11) is 0. The molecule has 1 amide bonds. The van der Waals surface area contributed by atoms with Crippen molar-refractivity contribution in [3.05, 3.63) is 35.9 Å². The monoisotopic (exact) mass is 417 g/mol. The number of rotatable bonds is 9. The van der Waals surface area contributed by atoms with Gasteiger partial charge >= 0.3 is 0 Å². The number of phenolic OH excluding ortho intramolecular Hbond substituents is 1. The van der Waals surface area contributed by atoms with E-state index in [9.17, 15) is 9.90 Å². The third kappa shape index (κ3) is 7.68. The van der Waals surface area contributed by atoms with Gasteiger partial charge in [0, 0.05) is 13.0 Å². The van der Waals surface area contributed by atoms with Crippen molar-refractivity contribution in [1.82, 2.24) is 5.32 Å². The van der Waals surface area contributed by atoms with Gasteiger partial charge in [0.1, 0.15) is 0 Å². The highest BCUT2D eigenvalue weighted by atomic mass is 127. The summed E-state index contributed by atoms with van der Waals surface area (Å²) < 4.78 is 5.01. The third-order valence-corrected chi connectivity index (χ3v) is 3.62. The summed E-state index contributed by atoms with van der Waals surface area (Å²) in [5.74, 6) is 1.14. The molecule has 0 saturated carbocycles. The summed E-state index contributed by atoms with van der Waals surface area (Å²) in [6.07, 6.45) is 7.87. The average Bonchev–Trinajstić information content (AvgIpc) is 2.49. The summed E-state index contributed by atoms with van der Waals surface area (Å²) in [4.78, 5) is 11.8. The maximum atomic E-state index is 11.8. The first-order valence-corrected chi connectivity index (χ1v) is 8.45. The van der Waals surface area contributed by atoms with Crippen LogP contribution in [0.15, 0.2) is 30.4 Å². The number of amides is 1. The number of aromatic hydroxyl groups is 1. The first kappa shape index (κ1) is 18.8. The molecule has 0 aromatic heterocycles. The smallest absolute Gasteiger partial charge is 0.220 e. The van der Waals surface area contributed by atoms with Crippen LogP contribution >= 0.6 is 23.0 Å². The molecule has 22 heavy (non-hydrogen) atoms. The van der Waals surface area contributed by atoms with Gasteiger partial charge < -0.3 is 13.5 Å². The lowest BCUT2D eigenvalue weighted by atomic mass is 10.1. The second-order valence-corrected chi connectivity index (χ2v) is 6.01. The quantitative estimate of drug-likeness (QED) is 0.353. The van der Waals surface area contributed by atoms with Crippen LogP contribution < -0.4 is 8.38 Å². The molecule has 0 radical (unpaired) electrons. The van der Waals surface area contributed by atoms with Gasteiger partial charge in [-0.2, -0.15) is 0 Å². The summed E-state index contributed by atoms with van der Waals surface area (Å²) in [5.41, 5.74) is 0.901. The number of allylic oxidation sites excluding steroid dienone is 2. The summed E-state index contributed by atoms with van der Waals surface area (Å²) >= 11 is 1.72. The predicted octanol–water partition coefficient (Wildman–Crippen LogP) is 4.51. The van der Waals surface area contributed by atoms with Crippen LogP contribution in [-0.4, -0.2) is 11.0 Å². The Hall–Kier alpha value is -1.24. The molecular formula is C17H24INO3. The lowest BCUT2D eigenvalue weighted by Gasteiger charge is -2.07. The molecule has 0 atom stereocenters. The number of carbonyl (C=O) groups excluding carboxylic acids is 1. The molecule has 0 unspecified atom stereocenters. The van der Waals surface area contributed by atoms with Crippen molar-refractivity contribution in [3.63, 3.8) is 0 Å². The maximum absolute atomic E-state index is 11.8. The second kappa shape index (κ2) is 10.5. The zero-order valence-electron chi connectivity index (χ0n) is 13.1. The van der Waals surface area contributed by atoms with Crippen molar-refractivity contribution in [2.75, 3.05) is 0 Å². The van der Waals surface area contributed by atoms with E-state index in [2.05, 4.69) is 31.3 Å². The van der Waals surface area contributed by atoms with E-state index in [-0.39, 0.29) is 11.7 Å². The van der Waals surface area contributed by atoms with Gasteiger partial charge in [-0.25, -0.2) is 0 Å². The van der Waals surface area contributed by atoms with Crippen LogP contribution in [0.4, 0.5) is 0 Å². The van der Waals surface area contributed by atoms with E-state index < -0.39 is 0 Å². The molecule has 0 spiro atoms. The van der Waals surface area contributed by atoms with Gasteiger partial charge in [-0.1, -0.05) is 32.1 Å². The van der Waals surface area contributed by atoms with Crippen LogP contribution in [0.1, 0.15) is 45.1 Å². The van der Waals surface area contributed by atoms with Crippen LogP contribution in [0.25, 0.3) is 0 Å². The van der Waals surface area contributed by atoms with Crippen LogP contribution in [0, 0.1) is 5.92 Å². The van der Waals surface area contributed by atoms with Crippen molar-refractivity contribution in [2.45, 2.75) is 46.1 Å². The Labute approximate surface area is 146 Å². The SMILES string of the molecule is CC(C)/C=C\CCCCC(=O)NCc1ccc(O)c(OI)c1. The lowest BCUT2D eigenvalue weighted by Crippen LogP contribution is -2.22. The topological polar surface area (TPSA) is 58.6 Å². The van der Waals surface area contributed by atoms with E-state index in [1.807, 2.05) is 0 Å². The van der Waals surface area contributed by atoms with Gasteiger partial charge in [0.25, 0.3) is 0 Å². The minimum Gasteiger partial charge on any atom is -0.504 e. The average molecular weight is 417 g/mol. The minimum absolute atomic E-state index is 0.0536. The first-order chi connectivity index (χ1) is 10.5. The van der Waals surface area contributed by atoms with Crippen molar-refractivity contribution in [1.29, 1.82) is 0 Å². The highest BCUT2D eigenvalue weighted by Gasteiger charge is 2.05. The van der Waals surface area contributed by atoms with Gasteiger partial charge in [-0.15, -0.1) is 0 Å². The maximum Gasteiger partial charge on any atom is 0.220 e. The fraction of sp³-hybridized carbons (Fsp3) is 0.471. The summed E-state index contributed by atoms with van der Waals surface area (Å²) in [6.45, 7) is 4.75. The van der Waals surface area contributed by atoms with Crippen molar-refractivity contribution in [3.8, 4) is 11.5 Å². The highest BCUT2D eigenvalue weighted by molar-refractivity contribution is 14.1. The first-order valence-electron chi connectivity index (χ1n) is 7.56. The molecule has 2 N–H and O–H groups in total. The van der Waals surface area contributed by atoms with Gasteiger partial charge in [-0.3, -0.25) is 4.79 Å². The van der Waals surface area contributed by atoms with Gasteiger partial charge in [0.2, 0.25) is 5.91 Å². The van der Waals surface area contributed by atoms with E-state index in [1.165, 1.54) is 0 Å². The molecule has 0 heterocycles. The molecule has 122 valence electrons. The lowest BCUT2D eigenvalue weighted by molar-refractivity contribution is -0.121. The Kier molecular flexibility index (Phi) is 8.96. The number of hydrogen-bond acceptors (Lipinski definition) is 3. The van der Waals surface area contributed by atoms with Crippen molar-refractivity contribution in [2.24, 2.45) is 5.92 Å². The number of halogens is 1. The van der Waals surface area contributed by atoms with E-state index in [0.29, 0.717) is 24.6 Å². The third-order valence-electron chi connectivity index (χ3n) is 3.14. The molecular weight excluding hydrogens is 393 g/mol. The van der Waals surface area contributed by atoms with Gasteiger partial charge in [-0.05, 0) is 42.9 Å². The predicted molar refractivity (Wildman–Crippen MR) is 97.0 cm³/mol. The largest absolute Gasteiger partial charge is 0.504 e. The van der Waals surface area contributed by atoms with Crippen LogP contribution in [-0.2, 0) is 11.3 Å². The zero-order valence-corrected chi connectivity index (χ0v) is 15.3. The number of benzene rings is 1. The molecule has 5 heteroatoms. The molecule has 0 bridgehead atoms. The molecule has 0 aliphatic heterocycles. The number of phenols is 1. The van der Waals surface area contributed by atoms with Crippen LogP contribution in [0.2, 0.25) is 0 Å². The normalized spacial score (nSPS) is 11.1. The standard InChI is InChI=1S/C17H24INO3/c1-13(2)7-5-3-4-6-8-17(21)19-12-14-9-10-15(20)16(11-14)22-18/h5,7,9-11,13,20H,3-4,6,8,12H2,1-2H3,(H,19,21)/b7-5-. The van der Waals surface area contributed by atoms with Crippen LogP contribution in [0.5, 0.6) is 11.5 Å². The Morgan fingerprint density at radius 2 is 2.18 bits per heavy atom. The number of hydrogen-bond donors (Lipinski definition) is 2. The molecule has 1 rings (SSSR count). The molecule has 1 aromatic rings. The summed E-state index contributed by atoms with van der Waals surface area (Å²) in [6, 6.07) is 5.06. The molecule has 0 aliphatic carbocycles. The van der Waals surface area contributed by atoms with Gasteiger partial charge in [0.15, 0.2) is 34.5 Å². The minimum atomic E-state index is 0.0536. The van der Waals surface area contributed by atoms with Crippen LogP contribution in [0.3, 0.4) is 0 Å². The molecule has 0 saturated heterocycles. The Bertz CT molecular complexity index is 501. The number of unbranched alkanes of at least 4 members (excludes halogenated alkanes) is 2. The number of nitrogens with one attached hydrogen (secondary N) is 1. The fourth-order valence-corrected chi connectivity index (χ4v) is 2.29. The van der Waals surface area contributed by atoms with Gasteiger partial charge in [0.05, 0.1) is 0 Å². The Balaban J connectivity index is 2.23. The molecule has 1 aromatic carbocycles. The van der Waals surface area contributed by atoms with E-state index >= 15 is 0 Å². The van der Waals surface area contributed by atoms with E-state index in [1.54, 1.807) is 41.2 Å².